The van der Waals surface area contributed by atoms with Crippen LogP contribution in [-0.2, 0) is 6.54 Å². The zero-order valence-corrected chi connectivity index (χ0v) is 10.1. The minimum absolute atomic E-state index is 0.333. The molecular formula is C13H20N2O. The molecule has 1 saturated carbocycles. The molecule has 0 spiro atoms. The summed E-state index contributed by atoms with van der Waals surface area (Å²) in [7, 11) is 1.64. The van der Waals surface area contributed by atoms with Gasteiger partial charge in [-0.15, -0.1) is 0 Å². The van der Waals surface area contributed by atoms with Crippen LogP contribution in [0, 0.1) is 0 Å². The molecule has 1 aliphatic carbocycles. The number of hydrogen-bond donors (Lipinski definition) is 1. The molecule has 2 rings (SSSR count). The Balaban J connectivity index is 1.89. The fraction of sp³-hybridized carbons (Fsp3) is 0.615. The van der Waals surface area contributed by atoms with Crippen molar-refractivity contribution in [2.24, 2.45) is 0 Å². The van der Waals surface area contributed by atoms with Gasteiger partial charge in [-0.2, -0.15) is 0 Å². The standard InChI is InChI=1S/C13H20N2O/c1-13(7-3-4-8-13)15-10-11-5-6-12(16-2)14-9-11/h5-6,9,15H,3-4,7-8,10H2,1-2H3. The summed E-state index contributed by atoms with van der Waals surface area (Å²) in [5.74, 6) is 0.677. The maximum Gasteiger partial charge on any atom is 0.212 e. The van der Waals surface area contributed by atoms with E-state index >= 15 is 0 Å². The van der Waals surface area contributed by atoms with Gasteiger partial charge in [0.1, 0.15) is 0 Å². The summed E-state index contributed by atoms with van der Waals surface area (Å²) < 4.78 is 5.04. The number of methoxy groups -OCH3 is 1. The molecule has 0 aromatic carbocycles. The Hall–Kier alpha value is -1.09. The first-order chi connectivity index (χ1) is 7.72. The summed E-state index contributed by atoms with van der Waals surface area (Å²) in [6.45, 7) is 3.21. The molecule has 1 fully saturated rings. The van der Waals surface area contributed by atoms with Crippen molar-refractivity contribution >= 4 is 0 Å². The predicted molar refractivity (Wildman–Crippen MR) is 64.5 cm³/mol. The maximum absolute atomic E-state index is 5.04. The van der Waals surface area contributed by atoms with E-state index in [0.29, 0.717) is 11.4 Å². The topological polar surface area (TPSA) is 34.1 Å². The molecule has 0 amide bonds. The Bertz CT molecular complexity index is 328. The smallest absolute Gasteiger partial charge is 0.212 e. The van der Waals surface area contributed by atoms with Crippen LogP contribution in [0.1, 0.15) is 38.2 Å². The van der Waals surface area contributed by atoms with Crippen LogP contribution in [0.2, 0.25) is 0 Å². The number of pyridine rings is 1. The lowest BCUT2D eigenvalue weighted by atomic mass is 10.0. The molecule has 0 bridgehead atoms. The predicted octanol–water partition coefficient (Wildman–Crippen LogP) is 2.51. The van der Waals surface area contributed by atoms with Gasteiger partial charge < -0.3 is 10.1 Å². The molecule has 0 unspecified atom stereocenters. The highest BCUT2D eigenvalue weighted by Crippen LogP contribution is 2.29. The van der Waals surface area contributed by atoms with Gasteiger partial charge in [0.25, 0.3) is 0 Å². The van der Waals surface area contributed by atoms with Crippen LogP contribution >= 0.6 is 0 Å². The van der Waals surface area contributed by atoms with Gasteiger partial charge in [0, 0.05) is 24.3 Å². The van der Waals surface area contributed by atoms with Gasteiger partial charge in [-0.3, -0.25) is 0 Å². The van der Waals surface area contributed by atoms with Crippen LogP contribution < -0.4 is 10.1 Å². The molecule has 1 N–H and O–H groups in total. The Kier molecular flexibility index (Phi) is 3.44. The van der Waals surface area contributed by atoms with E-state index in [2.05, 4.69) is 23.3 Å². The van der Waals surface area contributed by atoms with Gasteiger partial charge in [0.05, 0.1) is 7.11 Å². The maximum atomic E-state index is 5.04. The molecule has 0 aliphatic heterocycles. The average molecular weight is 220 g/mol. The lowest BCUT2D eigenvalue weighted by Gasteiger charge is -2.25. The van der Waals surface area contributed by atoms with Crippen molar-refractivity contribution in [2.45, 2.75) is 44.7 Å². The summed E-state index contributed by atoms with van der Waals surface area (Å²) in [5, 5.41) is 3.63. The highest BCUT2D eigenvalue weighted by molar-refractivity contribution is 5.17. The van der Waals surface area contributed by atoms with Crippen molar-refractivity contribution in [3.8, 4) is 5.88 Å². The highest BCUT2D eigenvalue weighted by Gasteiger charge is 2.27. The third-order valence-electron chi connectivity index (χ3n) is 3.43. The number of ether oxygens (including phenoxy) is 1. The van der Waals surface area contributed by atoms with Crippen molar-refractivity contribution < 1.29 is 4.74 Å². The highest BCUT2D eigenvalue weighted by atomic mass is 16.5. The molecule has 88 valence electrons. The minimum atomic E-state index is 0.333. The van der Waals surface area contributed by atoms with Crippen LogP contribution in [0.4, 0.5) is 0 Å². The third kappa shape index (κ3) is 2.73. The second kappa shape index (κ2) is 4.83. The second-order valence-corrected chi connectivity index (χ2v) is 4.83. The van der Waals surface area contributed by atoms with Crippen molar-refractivity contribution in [2.75, 3.05) is 7.11 Å². The summed E-state index contributed by atoms with van der Waals surface area (Å²) in [4.78, 5) is 4.20. The molecule has 0 radical (unpaired) electrons. The zero-order chi connectivity index (χ0) is 11.4. The molecule has 3 nitrogen and oxygen atoms in total. The molecular weight excluding hydrogens is 200 g/mol. The molecule has 0 atom stereocenters. The molecule has 3 heteroatoms. The van der Waals surface area contributed by atoms with Gasteiger partial charge in [-0.05, 0) is 25.3 Å². The second-order valence-electron chi connectivity index (χ2n) is 4.83. The average Bonchev–Trinajstić information content (AvgIpc) is 2.75. The molecule has 16 heavy (non-hydrogen) atoms. The van der Waals surface area contributed by atoms with Gasteiger partial charge in [0.2, 0.25) is 5.88 Å². The quantitative estimate of drug-likeness (QED) is 0.846. The first kappa shape index (κ1) is 11.4. The normalized spacial score (nSPS) is 18.6. The summed E-state index contributed by atoms with van der Waals surface area (Å²) in [6, 6.07) is 3.98. The van der Waals surface area contributed by atoms with Gasteiger partial charge in [0.15, 0.2) is 0 Å². The molecule has 1 aromatic heterocycles. The van der Waals surface area contributed by atoms with E-state index in [9.17, 15) is 0 Å². The molecule has 1 aliphatic rings. The Morgan fingerprint density at radius 1 is 1.38 bits per heavy atom. The van der Waals surface area contributed by atoms with Gasteiger partial charge >= 0.3 is 0 Å². The monoisotopic (exact) mass is 220 g/mol. The van der Waals surface area contributed by atoms with Crippen molar-refractivity contribution in [1.29, 1.82) is 0 Å². The van der Waals surface area contributed by atoms with E-state index in [1.54, 1.807) is 7.11 Å². The number of nitrogens with zero attached hydrogens (tertiary/aromatic N) is 1. The Morgan fingerprint density at radius 2 is 2.12 bits per heavy atom. The van der Waals surface area contributed by atoms with Crippen LogP contribution in [-0.4, -0.2) is 17.6 Å². The largest absolute Gasteiger partial charge is 0.481 e. The van der Waals surface area contributed by atoms with E-state index in [-0.39, 0.29) is 0 Å². The van der Waals surface area contributed by atoms with E-state index in [0.717, 1.165) is 6.54 Å². The fourth-order valence-electron chi connectivity index (χ4n) is 2.28. The lowest BCUT2D eigenvalue weighted by molar-refractivity contribution is 0.362. The van der Waals surface area contributed by atoms with E-state index in [1.165, 1.54) is 31.2 Å². The van der Waals surface area contributed by atoms with Crippen molar-refractivity contribution in [1.82, 2.24) is 10.3 Å². The Labute approximate surface area is 97.2 Å². The van der Waals surface area contributed by atoms with Crippen LogP contribution in [0.5, 0.6) is 5.88 Å². The SMILES string of the molecule is COc1ccc(CNC2(C)CCCC2)cn1. The molecule has 0 saturated heterocycles. The van der Waals surface area contributed by atoms with E-state index in [4.69, 9.17) is 4.74 Å². The van der Waals surface area contributed by atoms with Crippen LogP contribution in [0.15, 0.2) is 18.3 Å². The van der Waals surface area contributed by atoms with E-state index in [1.807, 2.05) is 12.3 Å². The zero-order valence-electron chi connectivity index (χ0n) is 10.1. The number of aromatic nitrogens is 1. The Morgan fingerprint density at radius 3 is 2.69 bits per heavy atom. The van der Waals surface area contributed by atoms with E-state index < -0.39 is 0 Å². The first-order valence-corrected chi connectivity index (χ1v) is 5.96. The summed E-state index contributed by atoms with van der Waals surface area (Å²) in [5.41, 5.74) is 1.55. The molecule has 1 aromatic rings. The number of rotatable bonds is 4. The van der Waals surface area contributed by atoms with Gasteiger partial charge in [-0.25, -0.2) is 4.98 Å². The molecule has 1 heterocycles. The minimum Gasteiger partial charge on any atom is -0.481 e. The van der Waals surface area contributed by atoms with Crippen molar-refractivity contribution in [3.05, 3.63) is 23.9 Å². The summed E-state index contributed by atoms with van der Waals surface area (Å²) in [6.07, 6.45) is 7.16. The van der Waals surface area contributed by atoms with Gasteiger partial charge in [-0.1, -0.05) is 18.9 Å². The fourth-order valence-corrected chi connectivity index (χ4v) is 2.28. The summed E-state index contributed by atoms with van der Waals surface area (Å²) >= 11 is 0. The van der Waals surface area contributed by atoms with Crippen LogP contribution in [0.3, 0.4) is 0 Å². The first-order valence-electron chi connectivity index (χ1n) is 5.96. The third-order valence-corrected chi connectivity index (χ3v) is 3.43. The number of hydrogen-bond acceptors (Lipinski definition) is 3. The number of nitrogens with one attached hydrogen (secondary N) is 1. The van der Waals surface area contributed by atoms with Crippen molar-refractivity contribution in [3.63, 3.8) is 0 Å². The van der Waals surface area contributed by atoms with Crippen LogP contribution in [0.25, 0.3) is 0 Å². The lowest BCUT2D eigenvalue weighted by Crippen LogP contribution is -2.38.